The number of methoxy groups -OCH3 is 1. The highest BCUT2D eigenvalue weighted by Gasteiger charge is 2.24. The van der Waals surface area contributed by atoms with Crippen molar-refractivity contribution in [1.82, 2.24) is 14.3 Å². The van der Waals surface area contributed by atoms with Gasteiger partial charge in [0.15, 0.2) is 4.96 Å². The van der Waals surface area contributed by atoms with E-state index in [2.05, 4.69) is 12.2 Å². The molecule has 8 heteroatoms. The molecule has 1 aliphatic rings. The van der Waals surface area contributed by atoms with Crippen molar-refractivity contribution in [2.75, 3.05) is 25.5 Å². The molecular weight excluding hydrogens is 448 g/mol. The first-order chi connectivity index (χ1) is 16.5. The number of nitrogens with zero attached hydrogens (tertiary/aromatic N) is 3. The lowest BCUT2D eigenvalue weighted by molar-refractivity contribution is 0.0690. The number of amides is 2. The predicted molar refractivity (Wildman–Crippen MR) is 134 cm³/mol. The Hall–Kier alpha value is -3.65. The quantitative estimate of drug-likeness (QED) is 0.432. The van der Waals surface area contributed by atoms with Gasteiger partial charge in [-0.1, -0.05) is 25.1 Å². The molecule has 2 aromatic carbocycles. The number of ether oxygens (including phenoxy) is 1. The van der Waals surface area contributed by atoms with Gasteiger partial charge in [-0.05, 0) is 49.1 Å². The third-order valence-corrected chi connectivity index (χ3v) is 7.09. The molecule has 0 spiro atoms. The van der Waals surface area contributed by atoms with Crippen LogP contribution in [0.25, 0.3) is 16.2 Å². The minimum atomic E-state index is -0.217. The minimum absolute atomic E-state index is 0.0569. The van der Waals surface area contributed by atoms with Gasteiger partial charge in [0, 0.05) is 41.5 Å². The van der Waals surface area contributed by atoms with Crippen LogP contribution in [-0.2, 0) is 0 Å². The van der Waals surface area contributed by atoms with E-state index in [-0.39, 0.29) is 11.8 Å². The maximum atomic E-state index is 13.1. The number of thiazole rings is 1. The molecule has 5 rings (SSSR count). The van der Waals surface area contributed by atoms with Crippen LogP contribution in [0.5, 0.6) is 5.75 Å². The van der Waals surface area contributed by atoms with E-state index in [4.69, 9.17) is 9.72 Å². The van der Waals surface area contributed by atoms with Crippen LogP contribution in [0.1, 0.15) is 40.6 Å². The van der Waals surface area contributed by atoms with Crippen molar-refractivity contribution in [3.05, 3.63) is 71.4 Å². The van der Waals surface area contributed by atoms with Crippen LogP contribution < -0.4 is 10.1 Å². The fraction of sp³-hybridized carbons (Fsp3) is 0.269. The fourth-order valence-electron chi connectivity index (χ4n) is 4.17. The number of likely N-dealkylation sites (tertiary alicyclic amines) is 1. The van der Waals surface area contributed by atoms with E-state index in [0.717, 1.165) is 42.1 Å². The molecule has 0 radical (unpaired) electrons. The average molecular weight is 475 g/mol. The number of hydrogen-bond acceptors (Lipinski definition) is 5. The molecule has 0 aliphatic carbocycles. The largest absolute Gasteiger partial charge is 0.497 e. The maximum absolute atomic E-state index is 13.1. The first-order valence-electron chi connectivity index (χ1n) is 11.3. The summed E-state index contributed by atoms with van der Waals surface area (Å²) in [5, 5.41) is 4.82. The van der Waals surface area contributed by atoms with Crippen LogP contribution in [0.4, 0.5) is 5.69 Å². The van der Waals surface area contributed by atoms with Gasteiger partial charge in [0.05, 0.1) is 12.8 Å². The Morgan fingerprint density at radius 2 is 1.91 bits per heavy atom. The molecule has 7 nitrogen and oxygen atoms in total. The van der Waals surface area contributed by atoms with E-state index in [9.17, 15) is 9.59 Å². The molecule has 2 amide bonds. The van der Waals surface area contributed by atoms with E-state index < -0.39 is 0 Å². The van der Waals surface area contributed by atoms with Crippen molar-refractivity contribution < 1.29 is 14.3 Å². The van der Waals surface area contributed by atoms with Crippen molar-refractivity contribution >= 4 is 33.8 Å². The smallest absolute Gasteiger partial charge is 0.271 e. The molecule has 0 unspecified atom stereocenters. The molecule has 2 aromatic heterocycles. The highest BCUT2D eigenvalue weighted by atomic mass is 32.1. The molecule has 4 aromatic rings. The van der Waals surface area contributed by atoms with E-state index in [1.165, 1.54) is 11.3 Å². The van der Waals surface area contributed by atoms with Crippen molar-refractivity contribution in [3.8, 4) is 17.0 Å². The first kappa shape index (κ1) is 22.2. The Kier molecular flexibility index (Phi) is 6.06. The lowest BCUT2D eigenvalue weighted by Crippen LogP contribution is -2.38. The van der Waals surface area contributed by atoms with Crippen molar-refractivity contribution in [2.24, 2.45) is 5.92 Å². The summed E-state index contributed by atoms with van der Waals surface area (Å²) >= 11 is 1.46. The number of carbonyl (C=O) groups excluding carboxylic acids is 2. The number of fused-ring (bicyclic) bond motifs is 1. The monoisotopic (exact) mass is 474 g/mol. The summed E-state index contributed by atoms with van der Waals surface area (Å²) in [6.45, 7) is 3.84. The summed E-state index contributed by atoms with van der Waals surface area (Å²) < 4.78 is 7.08. The van der Waals surface area contributed by atoms with Gasteiger partial charge in [-0.2, -0.15) is 0 Å². The molecule has 0 saturated carbocycles. The van der Waals surface area contributed by atoms with Gasteiger partial charge < -0.3 is 15.0 Å². The second-order valence-electron chi connectivity index (χ2n) is 8.64. The molecule has 1 saturated heterocycles. The highest BCUT2D eigenvalue weighted by molar-refractivity contribution is 7.15. The molecular formula is C26H26N4O3S. The third kappa shape index (κ3) is 4.41. The molecule has 1 aliphatic heterocycles. The molecule has 174 valence electrons. The van der Waals surface area contributed by atoms with Crippen LogP contribution in [0.2, 0.25) is 0 Å². The first-order valence-corrected chi connectivity index (χ1v) is 12.2. The zero-order valence-electron chi connectivity index (χ0n) is 19.2. The Balaban J connectivity index is 1.36. The summed E-state index contributed by atoms with van der Waals surface area (Å²) in [6.07, 6.45) is 3.99. The molecule has 0 bridgehead atoms. The zero-order chi connectivity index (χ0) is 23.7. The number of hydrogen-bond donors (Lipinski definition) is 1. The van der Waals surface area contributed by atoms with E-state index in [1.54, 1.807) is 31.4 Å². The summed E-state index contributed by atoms with van der Waals surface area (Å²) in [6, 6.07) is 14.6. The zero-order valence-corrected chi connectivity index (χ0v) is 20.0. The van der Waals surface area contributed by atoms with Gasteiger partial charge in [-0.3, -0.25) is 14.0 Å². The number of rotatable bonds is 5. The molecule has 1 N–H and O–H groups in total. The second kappa shape index (κ2) is 9.30. The van der Waals surface area contributed by atoms with Crippen molar-refractivity contribution in [2.45, 2.75) is 19.8 Å². The second-order valence-corrected chi connectivity index (χ2v) is 9.48. The fourth-order valence-corrected chi connectivity index (χ4v) is 5.02. The van der Waals surface area contributed by atoms with Crippen molar-refractivity contribution in [3.63, 3.8) is 0 Å². The average Bonchev–Trinajstić information content (AvgIpc) is 3.45. The summed E-state index contributed by atoms with van der Waals surface area (Å²) in [5.41, 5.74) is 3.45. The van der Waals surface area contributed by atoms with Crippen LogP contribution in [0, 0.1) is 5.92 Å². The lowest BCUT2D eigenvalue weighted by atomic mass is 9.99. The lowest BCUT2D eigenvalue weighted by Gasteiger charge is -2.30. The highest BCUT2D eigenvalue weighted by Crippen LogP contribution is 2.27. The van der Waals surface area contributed by atoms with Crippen LogP contribution in [-0.4, -0.2) is 46.3 Å². The molecule has 0 atom stereocenters. The number of aromatic nitrogens is 2. The topological polar surface area (TPSA) is 75.9 Å². The van der Waals surface area contributed by atoms with Gasteiger partial charge in [0.2, 0.25) is 0 Å². The summed E-state index contributed by atoms with van der Waals surface area (Å²) in [4.78, 5) is 33.2. The molecule has 1 fully saturated rings. The predicted octanol–water partition coefficient (Wildman–Crippen LogP) is 5.20. The number of anilines is 1. The van der Waals surface area contributed by atoms with Crippen LogP contribution >= 0.6 is 11.3 Å². The van der Waals surface area contributed by atoms with Gasteiger partial charge in [-0.15, -0.1) is 11.3 Å². The number of nitrogens with one attached hydrogen (secondary N) is 1. The molecule has 34 heavy (non-hydrogen) atoms. The third-order valence-electron chi connectivity index (χ3n) is 6.25. The number of imidazole rings is 1. The van der Waals surface area contributed by atoms with Gasteiger partial charge in [0.1, 0.15) is 11.4 Å². The Morgan fingerprint density at radius 3 is 2.71 bits per heavy atom. The number of carbonyl (C=O) groups is 2. The molecule has 3 heterocycles. The van der Waals surface area contributed by atoms with Crippen LogP contribution in [0.15, 0.2) is 60.1 Å². The Bertz CT molecular complexity index is 1350. The maximum Gasteiger partial charge on any atom is 0.271 e. The van der Waals surface area contributed by atoms with Gasteiger partial charge >= 0.3 is 0 Å². The van der Waals surface area contributed by atoms with Crippen LogP contribution in [0.3, 0.4) is 0 Å². The SMILES string of the molecule is COc1cccc(C(=O)Nc2cccc(-c3cn4c(C(=O)N5CCC(C)CC5)csc4n3)c2)c1. The van der Waals surface area contributed by atoms with Gasteiger partial charge in [0.25, 0.3) is 11.8 Å². The summed E-state index contributed by atoms with van der Waals surface area (Å²) in [5.74, 6) is 1.14. The van der Waals surface area contributed by atoms with E-state index >= 15 is 0 Å². The van der Waals surface area contributed by atoms with E-state index in [1.807, 2.05) is 45.1 Å². The Labute approximate surface area is 202 Å². The standard InChI is InChI=1S/C26H26N4O3S/c1-17-9-11-29(12-10-17)25(32)23-16-34-26-28-22(15-30(23)26)18-5-3-7-20(13-18)27-24(31)19-6-4-8-21(14-19)33-2/h3-8,13-17H,9-12H2,1-2H3,(H,27,31). The Morgan fingerprint density at radius 1 is 1.12 bits per heavy atom. The summed E-state index contributed by atoms with van der Waals surface area (Å²) in [7, 11) is 1.57. The number of piperidine rings is 1. The minimum Gasteiger partial charge on any atom is -0.497 e. The van der Waals surface area contributed by atoms with Crippen molar-refractivity contribution in [1.29, 1.82) is 0 Å². The van der Waals surface area contributed by atoms with Gasteiger partial charge in [-0.25, -0.2) is 4.98 Å². The van der Waals surface area contributed by atoms with E-state index in [0.29, 0.717) is 28.6 Å². The number of benzene rings is 2. The normalized spacial score (nSPS) is 14.4.